The second-order valence-electron chi connectivity index (χ2n) is 9.35. The Labute approximate surface area is 201 Å². The lowest BCUT2D eigenvalue weighted by molar-refractivity contribution is -0.118. The molecule has 0 fully saturated rings. The molecule has 1 aliphatic carbocycles. The first-order valence-electron chi connectivity index (χ1n) is 10.9. The second-order valence-corrected chi connectivity index (χ2v) is 10.8. The predicted molar refractivity (Wildman–Crippen MR) is 133 cm³/mol. The number of H-pyrrole nitrogens is 1. The number of nitrogens with one attached hydrogen (secondary N) is 2. The molecule has 0 spiro atoms. The Morgan fingerprint density at radius 2 is 1.79 bits per heavy atom. The van der Waals surface area contributed by atoms with Crippen molar-refractivity contribution in [3.05, 3.63) is 97.9 Å². The quantitative estimate of drug-likeness (QED) is 0.360. The number of allylic oxidation sites excluding steroid dienone is 2. The van der Waals surface area contributed by atoms with E-state index in [0.29, 0.717) is 39.3 Å². The first-order chi connectivity index (χ1) is 15.8. The first kappa shape index (κ1) is 22.0. The van der Waals surface area contributed by atoms with Crippen LogP contribution >= 0.6 is 23.4 Å². The molecule has 33 heavy (non-hydrogen) atoms. The number of carbonyl (C=O) groups is 1. The van der Waals surface area contributed by atoms with Crippen LogP contribution in [0.5, 0.6) is 0 Å². The van der Waals surface area contributed by atoms with Crippen LogP contribution in [0.4, 0.5) is 5.82 Å². The van der Waals surface area contributed by atoms with E-state index in [4.69, 9.17) is 16.6 Å². The molecule has 5 rings (SSSR count). The van der Waals surface area contributed by atoms with Gasteiger partial charge in [-0.05, 0) is 35.1 Å². The Kier molecular flexibility index (Phi) is 5.67. The number of benzene rings is 2. The molecule has 2 N–H and O–H groups in total. The number of Topliss-reactive ketones (excluding diaryl/α,β-unsaturated/α-hetero) is 1. The average molecular weight is 478 g/mol. The summed E-state index contributed by atoms with van der Waals surface area (Å²) >= 11 is 7.60. The molecule has 5 nitrogen and oxygen atoms in total. The van der Waals surface area contributed by atoms with E-state index in [0.717, 1.165) is 23.2 Å². The number of aromatic nitrogens is 2. The third-order valence-electron chi connectivity index (χ3n) is 6.12. The number of nitrogens with zero attached hydrogens (tertiary/aromatic N) is 1. The number of halogens is 1. The molecular weight excluding hydrogens is 454 g/mol. The molecule has 3 aromatic rings. The summed E-state index contributed by atoms with van der Waals surface area (Å²) in [6.45, 7) is 4.19. The van der Waals surface area contributed by atoms with Gasteiger partial charge in [-0.1, -0.05) is 79.7 Å². The number of anilines is 1. The first-order valence-corrected chi connectivity index (χ1v) is 12.3. The van der Waals surface area contributed by atoms with Gasteiger partial charge in [-0.2, -0.15) is 0 Å². The summed E-state index contributed by atoms with van der Waals surface area (Å²) in [5.74, 6) is 0.823. The molecule has 1 aromatic heterocycles. The highest BCUT2D eigenvalue weighted by Gasteiger charge is 2.42. The Morgan fingerprint density at radius 1 is 1.06 bits per heavy atom. The smallest absolute Gasteiger partial charge is 0.257 e. The summed E-state index contributed by atoms with van der Waals surface area (Å²) in [4.78, 5) is 34.3. The van der Waals surface area contributed by atoms with E-state index < -0.39 is 5.92 Å². The molecule has 2 heterocycles. The molecule has 2 aromatic carbocycles. The van der Waals surface area contributed by atoms with Gasteiger partial charge in [0.1, 0.15) is 5.82 Å². The van der Waals surface area contributed by atoms with Crippen LogP contribution in [0, 0.1) is 5.41 Å². The van der Waals surface area contributed by atoms with E-state index >= 15 is 0 Å². The summed E-state index contributed by atoms with van der Waals surface area (Å²) in [5, 5.41) is 4.52. The van der Waals surface area contributed by atoms with Crippen LogP contribution in [0.15, 0.2) is 75.8 Å². The van der Waals surface area contributed by atoms with E-state index in [1.54, 1.807) is 12.1 Å². The molecule has 1 unspecified atom stereocenters. The standard InChI is InChI=1S/C26H24ClN3O2S/c1-26(2)12-18-21(19(31)13-26)20(16-8-10-17(27)11-9-16)22-23(28-18)29-25(30-24(22)32)33-14-15-6-4-3-5-7-15/h3-11,20H,12-14H2,1-2H3,(H2,28,29,30,32). The molecule has 2 aliphatic rings. The normalized spacial score (nSPS) is 19.0. The number of rotatable bonds is 4. The number of hydrogen-bond donors (Lipinski definition) is 2. The second kappa shape index (κ2) is 8.50. The highest BCUT2D eigenvalue weighted by molar-refractivity contribution is 7.98. The predicted octanol–water partition coefficient (Wildman–Crippen LogP) is 5.92. The van der Waals surface area contributed by atoms with Crippen LogP contribution in [0.2, 0.25) is 5.02 Å². The molecule has 0 amide bonds. The van der Waals surface area contributed by atoms with Crippen LogP contribution in [0.3, 0.4) is 0 Å². The zero-order valence-electron chi connectivity index (χ0n) is 18.4. The third kappa shape index (κ3) is 4.37. The Hall–Kier alpha value is -2.83. The van der Waals surface area contributed by atoms with E-state index in [9.17, 15) is 9.59 Å². The molecule has 1 atom stereocenters. The summed E-state index contributed by atoms with van der Waals surface area (Å²) in [6.07, 6.45) is 1.17. The number of carbonyl (C=O) groups excluding carboxylic acids is 1. The molecule has 0 radical (unpaired) electrons. The molecule has 168 valence electrons. The topological polar surface area (TPSA) is 74.8 Å². The maximum atomic E-state index is 13.3. The Balaban J connectivity index is 1.59. The van der Waals surface area contributed by atoms with Gasteiger partial charge in [-0.25, -0.2) is 4.98 Å². The third-order valence-corrected chi connectivity index (χ3v) is 7.32. The van der Waals surface area contributed by atoms with Crippen molar-refractivity contribution in [2.45, 2.75) is 43.5 Å². The van der Waals surface area contributed by atoms with Gasteiger partial charge in [0.2, 0.25) is 0 Å². The van der Waals surface area contributed by atoms with Gasteiger partial charge < -0.3 is 10.3 Å². The zero-order valence-corrected chi connectivity index (χ0v) is 20.0. The molecule has 0 bridgehead atoms. The largest absolute Gasteiger partial charge is 0.343 e. The van der Waals surface area contributed by atoms with Crippen molar-refractivity contribution in [3.63, 3.8) is 0 Å². The number of fused-ring (bicyclic) bond motifs is 1. The Morgan fingerprint density at radius 3 is 2.52 bits per heavy atom. The fourth-order valence-electron chi connectivity index (χ4n) is 4.68. The van der Waals surface area contributed by atoms with E-state index in [-0.39, 0.29) is 16.8 Å². The maximum absolute atomic E-state index is 13.3. The monoisotopic (exact) mass is 477 g/mol. The van der Waals surface area contributed by atoms with Gasteiger partial charge in [-0.3, -0.25) is 9.59 Å². The average Bonchev–Trinajstić information content (AvgIpc) is 2.77. The minimum atomic E-state index is -0.471. The van der Waals surface area contributed by atoms with Gasteiger partial charge in [0.15, 0.2) is 10.9 Å². The summed E-state index contributed by atoms with van der Waals surface area (Å²) in [7, 11) is 0. The minimum Gasteiger partial charge on any atom is -0.343 e. The van der Waals surface area contributed by atoms with Gasteiger partial charge in [0.25, 0.3) is 5.56 Å². The molecule has 0 saturated carbocycles. The van der Waals surface area contributed by atoms with Crippen LogP contribution < -0.4 is 10.9 Å². The SMILES string of the molecule is CC1(C)CC(=O)C2=C(C1)Nc1nc(SCc3ccccc3)[nH]c(=O)c1C2c1ccc(Cl)cc1. The van der Waals surface area contributed by atoms with Crippen molar-refractivity contribution < 1.29 is 4.79 Å². The van der Waals surface area contributed by atoms with Crippen molar-refractivity contribution in [2.24, 2.45) is 5.41 Å². The van der Waals surface area contributed by atoms with Gasteiger partial charge in [0, 0.05) is 34.4 Å². The molecule has 0 saturated heterocycles. The fourth-order valence-corrected chi connectivity index (χ4v) is 5.62. The summed E-state index contributed by atoms with van der Waals surface area (Å²) < 4.78 is 0. The highest BCUT2D eigenvalue weighted by Crippen LogP contribution is 2.47. The van der Waals surface area contributed by atoms with E-state index in [1.165, 1.54) is 11.8 Å². The number of aromatic amines is 1. The number of thioether (sulfide) groups is 1. The van der Waals surface area contributed by atoms with Crippen molar-refractivity contribution in [2.75, 3.05) is 5.32 Å². The van der Waals surface area contributed by atoms with Crippen LogP contribution in [-0.2, 0) is 10.5 Å². The number of ketones is 1. The van der Waals surface area contributed by atoms with Crippen LogP contribution in [0.1, 0.15) is 49.3 Å². The molecule has 7 heteroatoms. The van der Waals surface area contributed by atoms with Crippen LogP contribution in [0.25, 0.3) is 0 Å². The Bertz CT molecular complexity index is 1310. The number of hydrogen-bond acceptors (Lipinski definition) is 5. The van der Waals surface area contributed by atoms with Gasteiger partial charge in [-0.15, -0.1) is 0 Å². The summed E-state index contributed by atoms with van der Waals surface area (Å²) in [6, 6.07) is 17.4. The highest BCUT2D eigenvalue weighted by atomic mass is 35.5. The van der Waals surface area contributed by atoms with Gasteiger partial charge >= 0.3 is 0 Å². The van der Waals surface area contributed by atoms with Crippen LogP contribution in [-0.4, -0.2) is 15.8 Å². The summed E-state index contributed by atoms with van der Waals surface area (Å²) in [5.41, 5.74) is 3.64. The minimum absolute atomic E-state index is 0.0706. The lowest BCUT2D eigenvalue weighted by Gasteiger charge is -2.38. The van der Waals surface area contributed by atoms with E-state index in [2.05, 4.69) is 24.1 Å². The molecule has 1 aliphatic heterocycles. The van der Waals surface area contributed by atoms with Crippen molar-refractivity contribution in [3.8, 4) is 0 Å². The van der Waals surface area contributed by atoms with Crippen molar-refractivity contribution in [1.29, 1.82) is 0 Å². The molecular formula is C26H24ClN3O2S. The fraction of sp³-hybridized carbons (Fsp3) is 0.269. The lowest BCUT2D eigenvalue weighted by atomic mass is 9.69. The van der Waals surface area contributed by atoms with E-state index in [1.807, 2.05) is 42.5 Å². The van der Waals surface area contributed by atoms with Crippen molar-refractivity contribution >= 4 is 35.0 Å². The maximum Gasteiger partial charge on any atom is 0.257 e. The van der Waals surface area contributed by atoms with Crippen molar-refractivity contribution in [1.82, 2.24) is 9.97 Å². The lowest BCUT2D eigenvalue weighted by Crippen LogP contribution is -2.37. The zero-order chi connectivity index (χ0) is 23.2. The van der Waals surface area contributed by atoms with Gasteiger partial charge in [0.05, 0.1) is 5.56 Å².